The number of thioether (sulfide) groups is 1. The molecule has 1 aromatic rings. The molecule has 6 nitrogen and oxygen atoms in total. The minimum atomic E-state index is -0.368. The molecule has 1 fully saturated rings. The van der Waals surface area contributed by atoms with Crippen molar-refractivity contribution in [2.45, 2.75) is 59.4 Å². The Bertz CT molecular complexity index is 1050. The number of ether oxygens (including phenoxy) is 1. The molecule has 1 amide bonds. The number of esters is 1. The molecule has 0 spiro atoms. The van der Waals surface area contributed by atoms with E-state index < -0.39 is 0 Å². The van der Waals surface area contributed by atoms with Crippen molar-refractivity contribution < 1.29 is 14.3 Å². The molecule has 176 valence electrons. The van der Waals surface area contributed by atoms with Gasteiger partial charge in [0, 0.05) is 18.8 Å². The lowest BCUT2D eigenvalue weighted by atomic mass is 9.89. The molecule has 0 radical (unpaired) electrons. The first-order valence-corrected chi connectivity index (χ1v) is 12.6. The van der Waals surface area contributed by atoms with E-state index in [0.29, 0.717) is 24.3 Å². The van der Waals surface area contributed by atoms with Gasteiger partial charge in [0.1, 0.15) is 0 Å². The van der Waals surface area contributed by atoms with Gasteiger partial charge in [-0.3, -0.25) is 4.79 Å². The lowest BCUT2D eigenvalue weighted by molar-refractivity contribution is -0.136. The summed E-state index contributed by atoms with van der Waals surface area (Å²) in [6.07, 6.45) is 3.04. The normalized spacial score (nSPS) is 21.1. The zero-order chi connectivity index (χ0) is 23.7. The summed E-state index contributed by atoms with van der Waals surface area (Å²) in [4.78, 5) is 35.1. The number of benzene rings is 1. The number of fused-ring (bicyclic) bond motifs is 1. The van der Waals surface area contributed by atoms with Crippen molar-refractivity contribution in [1.82, 2.24) is 9.80 Å². The van der Waals surface area contributed by atoms with Crippen molar-refractivity contribution in [2.24, 2.45) is 10.9 Å². The van der Waals surface area contributed by atoms with Crippen LogP contribution in [0.25, 0.3) is 0 Å². The van der Waals surface area contributed by atoms with Crippen molar-refractivity contribution in [3.63, 3.8) is 0 Å². The number of carbonyl (C=O) groups is 2. The number of aliphatic imine (C=N–C) groups is 1. The number of amides is 1. The predicted octanol–water partition coefficient (Wildman–Crippen LogP) is 5.09. The van der Waals surface area contributed by atoms with E-state index in [1.807, 2.05) is 17.2 Å². The molecule has 0 saturated carbocycles. The fourth-order valence-corrected chi connectivity index (χ4v) is 5.80. The summed E-state index contributed by atoms with van der Waals surface area (Å²) in [5.74, 6) is 0.441. The first-order chi connectivity index (χ1) is 15.8. The summed E-state index contributed by atoms with van der Waals surface area (Å²) in [5.41, 5.74) is 5.50. The van der Waals surface area contributed by atoms with E-state index in [0.717, 1.165) is 53.6 Å². The van der Waals surface area contributed by atoms with Crippen LogP contribution in [0.3, 0.4) is 0 Å². The number of allylic oxidation sites excluding steroid dienone is 1. The fourth-order valence-electron chi connectivity index (χ4n) is 4.86. The number of aryl methyl sites for hydroxylation is 2. The number of piperidine rings is 1. The first kappa shape index (κ1) is 23.6. The van der Waals surface area contributed by atoms with E-state index in [-0.39, 0.29) is 17.9 Å². The predicted molar refractivity (Wildman–Crippen MR) is 133 cm³/mol. The second-order valence-corrected chi connectivity index (χ2v) is 10.0. The Balaban J connectivity index is 1.72. The van der Waals surface area contributed by atoms with E-state index in [1.165, 1.54) is 24.4 Å². The van der Waals surface area contributed by atoms with Crippen molar-refractivity contribution in [3.8, 4) is 0 Å². The molecule has 1 atom stereocenters. The highest BCUT2D eigenvalue weighted by Crippen LogP contribution is 2.46. The molecule has 3 aliphatic rings. The molecule has 0 aliphatic carbocycles. The van der Waals surface area contributed by atoms with Crippen LogP contribution in [0.2, 0.25) is 0 Å². The van der Waals surface area contributed by atoms with E-state index in [4.69, 9.17) is 9.73 Å². The highest BCUT2D eigenvalue weighted by atomic mass is 32.2. The maximum Gasteiger partial charge on any atom is 0.338 e. The Kier molecular flexibility index (Phi) is 6.98. The number of nitrogens with zero attached hydrogens (tertiary/aromatic N) is 3. The molecular formula is C26H33N3O3S. The molecule has 0 aromatic heterocycles. The van der Waals surface area contributed by atoms with Gasteiger partial charge >= 0.3 is 5.97 Å². The van der Waals surface area contributed by atoms with Gasteiger partial charge in [-0.1, -0.05) is 49.4 Å². The lowest BCUT2D eigenvalue weighted by Crippen LogP contribution is -2.41. The molecule has 1 aromatic carbocycles. The van der Waals surface area contributed by atoms with Crippen LogP contribution in [-0.4, -0.2) is 47.0 Å². The molecule has 0 N–H and O–H groups in total. The molecule has 1 unspecified atom stereocenters. The third kappa shape index (κ3) is 4.60. The van der Waals surface area contributed by atoms with Gasteiger partial charge in [0.05, 0.1) is 30.8 Å². The Labute approximate surface area is 200 Å². The average Bonchev–Trinajstić information content (AvgIpc) is 3.20. The standard InChI is InChI=1S/C26H33N3O3S/c1-6-21-23(25(31)32-5)24(20-8-7-17(3)13-18(20)4)29-19(15-33-26(29)27-21)14-22(30)28-11-9-16(2)10-12-28/h7-8,13,15-16,24H,6,9-12,14H2,1-5H3. The number of hydrogen-bond donors (Lipinski definition) is 0. The highest BCUT2D eigenvalue weighted by molar-refractivity contribution is 8.16. The summed E-state index contributed by atoms with van der Waals surface area (Å²) < 4.78 is 5.21. The monoisotopic (exact) mass is 467 g/mol. The number of methoxy groups -OCH3 is 1. The third-order valence-corrected chi connectivity index (χ3v) is 7.71. The molecular weight excluding hydrogens is 434 g/mol. The number of rotatable bonds is 5. The Morgan fingerprint density at radius 3 is 2.58 bits per heavy atom. The van der Waals surface area contributed by atoms with Gasteiger partial charge in [0.15, 0.2) is 5.17 Å². The fraction of sp³-hybridized carbons (Fsp3) is 0.500. The first-order valence-electron chi connectivity index (χ1n) is 11.7. The number of carbonyl (C=O) groups excluding carboxylic acids is 2. The summed E-state index contributed by atoms with van der Waals surface area (Å²) >= 11 is 1.53. The number of amidine groups is 1. The van der Waals surface area contributed by atoms with Crippen molar-refractivity contribution in [3.05, 3.63) is 57.3 Å². The lowest BCUT2D eigenvalue weighted by Gasteiger charge is -2.38. The maximum absolute atomic E-state index is 13.2. The minimum absolute atomic E-state index is 0.138. The van der Waals surface area contributed by atoms with E-state index >= 15 is 0 Å². The summed E-state index contributed by atoms with van der Waals surface area (Å²) in [6, 6.07) is 5.92. The average molecular weight is 468 g/mol. The SMILES string of the molecule is CCC1=C(C(=O)OC)C(c2ccc(C)cc2C)N2C(CC(=O)N3CCC(C)CC3)=CSC2=N1. The van der Waals surface area contributed by atoms with Crippen LogP contribution in [0.5, 0.6) is 0 Å². The smallest absolute Gasteiger partial charge is 0.338 e. The van der Waals surface area contributed by atoms with Crippen LogP contribution >= 0.6 is 11.8 Å². The zero-order valence-corrected chi connectivity index (χ0v) is 21.0. The van der Waals surface area contributed by atoms with Crippen LogP contribution in [-0.2, 0) is 14.3 Å². The minimum Gasteiger partial charge on any atom is -0.466 e. The zero-order valence-electron chi connectivity index (χ0n) is 20.2. The highest BCUT2D eigenvalue weighted by Gasteiger charge is 2.42. The van der Waals surface area contributed by atoms with Gasteiger partial charge < -0.3 is 14.5 Å². The molecule has 33 heavy (non-hydrogen) atoms. The third-order valence-electron chi connectivity index (χ3n) is 6.82. The maximum atomic E-state index is 13.2. The Morgan fingerprint density at radius 2 is 1.94 bits per heavy atom. The Hall–Kier alpha value is -2.54. The van der Waals surface area contributed by atoms with Gasteiger partial charge in [-0.25, -0.2) is 9.79 Å². The molecule has 4 rings (SSSR count). The number of likely N-dealkylation sites (tertiary alicyclic amines) is 1. The summed E-state index contributed by atoms with van der Waals surface area (Å²) in [7, 11) is 1.41. The van der Waals surface area contributed by atoms with Gasteiger partial charge in [-0.15, -0.1) is 0 Å². The van der Waals surface area contributed by atoms with Crippen LogP contribution in [0.4, 0.5) is 0 Å². The molecule has 0 bridgehead atoms. The summed E-state index contributed by atoms with van der Waals surface area (Å²) in [5, 5.41) is 2.84. The van der Waals surface area contributed by atoms with Crippen LogP contribution in [0.15, 0.2) is 45.6 Å². The topological polar surface area (TPSA) is 62.2 Å². The van der Waals surface area contributed by atoms with E-state index in [9.17, 15) is 9.59 Å². The molecule has 1 saturated heterocycles. The largest absolute Gasteiger partial charge is 0.466 e. The molecule has 3 aliphatic heterocycles. The second-order valence-electron chi connectivity index (χ2n) is 9.20. The molecule has 7 heteroatoms. The van der Waals surface area contributed by atoms with Crippen molar-refractivity contribution in [1.29, 1.82) is 0 Å². The molecule has 3 heterocycles. The number of hydrogen-bond acceptors (Lipinski definition) is 6. The van der Waals surface area contributed by atoms with E-state index in [1.54, 1.807) is 0 Å². The van der Waals surface area contributed by atoms with Crippen molar-refractivity contribution >= 4 is 28.8 Å². The second kappa shape index (κ2) is 9.75. The van der Waals surface area contributed by atoms with Crippen LogP contribution < -0.4 is 0 Å². The van der Waals surface area contributed by atoms with Crippen LogP contribution in [0, 0.1) is 19.8 Å². The van der Waals surface area contributed by atoms with Gasteiger partial charge in [0.2, 0.25) is 5.91 Å². The quantitative estimate of drug-likeness (QED) is 0.565. The van der Waals surface area contributed by atoms with E-state index in [2.05, 4.69) is 43.9 Å². The van der Waals surface area contributed by atoms with Crippen molar-refractivity contribution in [2.75, 3.05) is 20.2 Å². The van der Waals surface area contributed by atoms with Gasteiger partial charge in [0.25, 0.3) is 0 Å². The van der Waals surface area contributed by atoms with Gasteiger partial charge in [-0.05, 0) is 55.6 Å². The van der Waals surface area contributed by atoms with Crippen LogP contribution in [0.1, 0.15) is 62.3 Å². The summed E-state index contributed by atoms with van der Waals surface area (Å²) in [6.45, 7) is 10.0. The Morgan fingerprint density at radius 1 is 1.21 bits per heavy atom. The van der Waals surface area contributed by atoms with Gasteiger partial charge in [-0.2, -0.15) is 0 Å².